The van der Waals surface area contributed by atoms with Gasteiger partial charge in [-0.2, -0.15) is 19.7 Å². The summed E-state index contributed by atoms with van der Waals surface area (Å²) in [5, 5.41) is 16.2. The van der Waals surface area contributed by atoms with Crippen LogP contribution in [0.2, 0.25) is 23.2 Å². The number of carbonyl (C=O) groups excluding carboxylic acids is 1. The van der Waals surface area contributed by atoms with Crippen molar-refractivity contribution in [2.45, 2.75) is 51.9 Å². The fourth-order valence-electron chi connectivity index (χ4n) is 3.90. The summed E-state index contributed by atoms with van der Waals surface area (Å²) in [5.41, 5.74) is 4.01. The Kier molecular flexibility index (Phi) is 9.64. The van der Waals surface area contributed by atoms with Crippen LogP contribution in [0.15, 0.2) is 60.2 Å². The van der Waals surface area contributed by atoms with E-state index >= 15 is 0 Å². The van der Waals surface area contributed by atoms with Gasteiger partial charge in [0, 0.05) is 32.1 Å². The Hall–Kier alpha value is -3.81. The highest BCUT2D eigenvalue weighted by atomic mass is 35.5. The molecule has 0 spiro atoms. The van der Waals surface area contributed by atoms with Crippen molar-refractivity contribution >= 4 is 37.5 Å². The van der Waals surface area contributed by atoms with E-state index in [1.54, 1.807) is 46.2 Å². The summed E-state index contributed by atoms with van der Waals surface area (Å²) in [7, 11) is -0.182. The molecule has 1 amide bonds. The molecule has 0 aliphatic carbocycles. The van der Waals surface area contributed by atoms with Gasteiger partial charge in [-0.05, 0) is 59.9 Å². The second kappa shape index (κ2) is 13.0. The van der Waals surface area contributed by atoms with Gasteiger partial charge >= 0.3 is 0 Å². The molecule has 0 fully saturated rings. The molecule has 4 heterocycles. The van der Waals surface area contributed by atoms with Gasteiger partial charge in [0.25, 0.3) is 0 Å². The largest absolute Gasteiger partial charge is 0.417 e. The normalized spacial score (nSPS) is 13.3. The van der Waals surface area contributed by atoms with Crippen molar-refractivity contribution in [3.05, 3.63) is 71.6 Å². The Labute approximate surface area is 250 Å². The molecule has 1 unspecified atom stereocenters. The fourth-order valence-corrected chi connectivity index (χ4v) is 5.12. The summed E-state index contributed by atoms with van der Waals surface area (Å²) in [5.74, 6) is -0.136. The molecule has 0 aromatic carbocycles. The molecule has 4 rings (SSSR count). The number of rotatable bonds is 11. The smallest absolute Gasteiger partial charge is 0.245 e. The van der Waals surface area contributed by atoms with E-state index in [0.29, 0.717) is 35.0 Å². The number of hydrogen-bond donors (Lipinski definition) is 3. The van der Waals surface area contributed by atoms with E-state index in [1.807, 2.05) is 13.1 Å². The summed E-state index contributed by atoms with van der Waals surface area (Å²) >= 11 is 6.04. The van der Waals surface area contributed by atoms with Crippen LogP contribution in [0, 0.1) is 11.9 Å². The predicted molar refractivity (Wildman–Crippen MR) is 163 cm³/mol. The Morgan fingerprint density at radius 3 is 2.64 bits per heavy atom. The lowest BCUT2D eigenvalue weighted by Gasteiger charge is -2.36. The van der Waals surface area contributed by atoms with Gasteiger partial charge in [-0.15, -0.1) is 0 Å². The lowest BCUT2D eigenvalue weighted by molar-refractivity contribution is -0.126. The van der Waals surface area contributed by atoms with Gasteiger partial charge in [0.15, 0.2) is 19.8 Å². The third-order valence-electron chi connectivity index (χ3n) is 7.39. The van der Waals surface area contributed by atoms with Gasteiger partial charge < -0.3 is 14.7 Å². The molecular weight excluding hydrogens is 577 g/mol. The monoisotopic (exact) mass is 613 g/mol. The zero-order chi connectivity index (χ0) is 30.5. The molecule has 1 atom stereocenters. The number of amides is 1. The van der Waals surface area contributed by atoms with Crippen LogP contribution in [-0.2, 0) is 22.8 Å². The van der Waals surface area contributed by atoms with E-state index in [2.05, 4.69) is 69.9 Å². The number of H-pyrrole nitrogens is 1. The molecule has 4 aromatic heterocycles. The summed E-state index contributed by atoms with van der Waals surface area (Å²) in [6, 6.07) is 8.37. The van der Waals surface area contributed by atoms with Gasteiger partial charge in [0.2, 0.25) is 5.91 Å². The molecule has 0 aliphatic heterocycles. The van der Waals surface area contributed by atoms with Crippen LogP contribution >= 0.6 is 11.6 Å². The van der Waals surface area contributed by atoms with Crippen LogP contribution in [0.1, 0.15) is 27.2 Å². The van der Waals surface area contributed by atoms with Gasteiger partial charge in [0.05, 0.1) is 29.9 Å². The highest BCUT2D eigenvalue weighted by Crippen LogP contribution is 2.36. The highest BCUT2D eigenvalue weighted by molar-refractivity contribution is 6.74. The number of aromatic nitrogens is 6. The number of pyridine rings is 2. The Balaban J connectivity index is 1.51. The first-order chi connectivity index (χ1) is 19.8. The fraction of sp³-hybridized carbons (Fsp3) is 0.393. The van der Waals surface area contributed by atoms with Crippen molar-refractivity contribution < 1.29 is 13.6 Å². The quantitative estimate of drug-likeness (QED) is 0.121. The minimum atomic E-state index is -1.99. The maximum atomic E-state index is 14.6. The molecule has 14 heteroatoms. The first-order valence-electron chi connectivity index (χ1n) is 13.6. The molecule has 0 saturated carbocycles. The number of nitrogens with zero attached hydrogens (tertiary/aromatic N) is 6. The van der Waals surface area contributed by atoms with Gasteiger partial charge in [-0.25, -0.2) is 10.4 Å². The second-order valence-electron chi connectivity index (χ2n) is 11.6. The van der Waals surface area contributed by atoms with Gasteiger partial charge in [-0.1, -0.05) is 32.4 Å². The molecule has 4 aromatic rings. The van der Waals surface area contributed by atoms with Crippen molar-refractivity contribution in [2.24, 2.45) is 18.1 Å². The van der Waals surface area contributed by atoms with Crippen molar-refractivity contribution in [3.63, 3.8) is 0 Å². The van der Waals surface area contributed by atoms with E-state index in [-0.39, 0.29) is 23.0 Å². The maximum absolute atomic E-state index is 14.6. The van der Waals surface area contributed by atoms with Crippen molar-refractivity contribution in [1.29, 1.82) is 0 Å². The summed E-state index contributed by atoms with van der Waals surface area (Å²) < 4.78 is 24.2. The number of halogens is 2. The molecule has 3 N–H and O–H groups in total. The maximum Gasteiger partial charge on any atom is 0.245 e. The zero-order valence-electron chi connectivity index (χ0n) is 24.7. The number of aromatic amines is 1. The van der Waals surface area contributed by atoms with E-state index in [1.165, 1.54) is 12.3 Å². The topological polar surface area (TPSA) is 127 Å². The molecule has 224 valence electrons. The van der Waals surface area contributed by atoms with Crippen LogP contribution < -0.4 is 16.2 Å². The molecule has 42 heavy (non-hydrogen) atoms. The van der Waals surface area contributed by atoms with Crippen molar-refractivity contribution in [2.75, 3.05) is 11.9 Å². The first kappa shape index (κ1) is 31.1. The summed E-state index contributed by atoms with van der Waals surface area (Å²) in [6.45, 7) is 11.5. The van der Waals surface area contributed by atoms with Crippen molar-refractivity contribution in [3.8, 4) is 11.1 Å². The molecule has 0 saturated heterocycles. The Bertz CT molecular complexity index is 1590. The predicted octanol–water partition coefficient (Wildman–Crippen LogP) is 5.20. The molecule has 0 radical (unpaired) electrons. The lowest BCUT2D eigenvalue weighted by atomic mass is 10.1. The lowest BCUT2D eigenvalue weighted by Crippen LogP contribution is -2.42. The number of carbonyl (C=O) groups is 1. The van der Waals surface area contributed by atoms with Crippen LogP contribution in [0.3, 0.4) is 0 Å². The molecular formula is C28H37ClFN9O2Si. The highest BCUT2D eigenvalue weighted by Gasteiger charge is 2.37. The van der Waals surface area contributed by atoms with Crippen LogP contribution in [0.4, 0.5) is 16.0 Å². The first-order valence-corrected chi connectivity index (χ1v) is 16.9. The standard InChI is InChI=1S/C28H37ClFN9O2Si/c1-28(2,3)42(5,6)41-12-9-20(17-39-18-22(29)16-33-39)27(40)37-36-25-15-21(13-23(30)34-25)19-7-10-31-24(14-19)35-26-8-11-32-38(26)4/h7-8,10-11,13-16,18,20H,9,12,17H2,1-6H3,(H,31,35)(H,34,36)(H,37,40). The number of hydrogen-bond acceptors (Lipinski definition) is 7. The van der Waals surface area contributed by atoms with E-state index in [0.717, 1.165) is 5.82 Å². The second-order valence-corrected chi connectivity index (χ2v) is 16.8. The van der Waals surface area contributed by atoms with Crippen LogP contribution in [-0.4, -0.2) is 50.4 Å². The Morgan fingerprint density at radius 2 is 1.98 bits per heavy atom. The third-order valence-corrected chi connectivity index (χ3v) is 12.1. The van der Waals surface area contributed by atoms with E-state index in [9.17, 15) is 9.18 Å². The van der Waals surface area contributed by atoms with E-state index in [4.69, 9.17) is 16.0 Å². The average molecular weight is 614 g/mol. The average Bonchev–Trinajstić information content (AvgIpc) is 3.52. The third kappa shape index (κ3) is 8.14. The minimum Gasteiger partial charge on any atom is -0.417 e. The SMILES string of the molecule is Cn1nccc1Nc1cc(-c2cc(F)[nH]c(=NNC(=O)C(CCO[Si](C)(C)C(C)(C)C)Cn3cc(Cl)cn3)c2)ccn1. The molecule has 0 aliphatic rings. The number of nitrogens with one attached hydrogen (secondary N) is 3. The molecule has 11 nitrogen and oxygen atoms in total. The summed E-state index contributed by atoms with van der Waals surface area (Å²) in [4.78, 5) is 20.2. The van der Waals surface area contributed by atoms with Gasteiger partial charge in [0.1, 0.15) is 11.6 Å². The zero-order valence-corrected chi connectivity index (χ0v) is 26.4. The Morgan fingerprint density at radius 1 is 1.19 bits per heavy atom. The van der Waals surface area contributed by atoms with Gasteiger partial charge in [-0.3, -0.25) is 14.2 Å². The number of aryl methyl sites for hydroxylation is 1. The van der Waals surface area contributed by atoms with Crippen LogP contribution in [0.5, 0.6) is 0 Å². The van der Waals surface area contributed by atoms with Crippen LogP contribution in [0.25, 0.3) is 11.1 Å². The molecule has 0 bridgehead atoms. The number of anilines is 2. The van der Waals surface area contributed by atoms with Crippen molar-refractivity contribution in [1.82, 2.24) is 35.0 Å². The van der Waals surface area contributed by atoms with E-state index < -0.39 is 20.2 Å². The minimum absolute atomic E-state index is 0.0463. The summed E-state index contributed by atoms with van der Waals surface area (Å²) in [6.07, 6.45) is 6.93.